The zero-order valence-electron chi connectivity index (χ0n) is 9.45. The summed E-state index contributed by atoms with van der Waals surface area (Å²) in [4.78, 5) is 13.4. The Morgan fingerprint density at radius 1 is 1.60 bits per heavy atom. The molecule has 0 aliphatic carbocycles. The lowest BCUT2D eigenvalue weighted by atomic mass is 10.2. The van der Waals surface area contributed by atoms with Gasteiger partial charge in [0.15, 0.2) is 0 Å². The number of rotatable bonds is 2. The molecule has 0 aromatic heterocycles. The van der Waals surface area contributed by atoms with Crippen LogP contribution in [0.4, 0.5) is 4.79 Å². The standard InChI is InChI=1S/C11H17NO2S/c1-5-6-12(9-7-15-8-9)10(13)14-11(2,3)4/h1,9H,6-8H2,2-4H3. The van der Waals surface area contributed by atoms with Crippen molar-refractivity contribution >= 4 is 17.9 Å². The summed E-state index contributed by atoms with van der Waals surface area (Å²) in [7, 11) is 0. The van der Waals surface area contributed by atoms with E-state index >= 15 is 0 Å². The van der Waals surface area contributed by atoms with Gasteiger partial charge in [-0.05, 0) is 20.8 Å². The fourth-order valence-electron chi connectivity index (χ4n) is 1.16. The molecule has 1 rings (SSSR count). The van der Waals surface area contributed by atoms with Gasteiger partial charge >= 0.3 is 6.09 Å². The molecule has 0 saturated carbocycles. The number of terminal acetylenes is 1. The molecule has 1 heterocycles. The van der Waals surface area contributed by atoms with Crippen LogP contribution in [0.5, 0.6) is 0 Å². The Labute approximate surface area is 95.5 Å². The minimum Gasteiger partial charge on any atom is -0.444 e. The monoisotopic (exact) mass is 227 g/mol. The quantitative estimate of drug-likeness (QED) is 0.675. The van der Waals surface area contributed by atoms with Gasteiger partial charge in [0.1, 0.15) is 5.60 Å². The first-order valence-corrected chi connectivity index (χ1v) is 6.10. The van der Waals surface area contributed by atoms with Crippen molar-refractivity contribution in [2.75, 3.05) is 18.1 Å². The minimum absolute atomic E-state index is 0.251. The molecule has 84 valence electrons. The highest BCUT2D eigenvalue weighted by molar-refractivity contribution is 8.00. The molecule has 0 aromatic rings. The maximum absolute atomic E-state index is 11.8. The highest BCUT2D eigenvalue weighted by atomic mass is 32.2. The van der Waals surface area contributed by atoms with Crippen LogP contribution >= 0.6 is 11.8 Å². The summed E-state index contributed by atoms with van der Waals surface area (Å²) in [6, 6.07) is 0.251. The fraction of sp³-hybridized carbons (Fsp3) is 0.727. The normalized spacial score (nSPS) is 16.4. The van der Waals surface area contributed by atoms with Crippen molar-refractivity contribution in [3.63, 3.8) is 0 Å². The first kappa shape index (κ1) is 12.3. The van der Waals surface area contributed by atoms with E-state index in [1.807, 2.05) is 32.5 Å². The zero-order valence-corrected chi connectivity index (χ0v) is 10.3. The van der Waals surface area contributed by atoms with E-state index in [-0.39, 0.29) is 12.1 Å². The van der Waals surface area contributed by atoms with Crippen LogP contribution in [0.1, 0.15) is 20.8 Å². The topological polar surface area (TPSA) is 29.5 Å². The van der Waals surface area contributed by atoms with Crippen molar-refractivity contribution < 1.29 is 9.53 Å². The molecule has 0 bridgehead atoms. The average molecular weight is 227 g/mol. The van der Waals surface area contributed by atoms with Crippen LogP contribution in [0.3, 0.4) is 0 Å². The first-order chi connectivity index (χ1) is 6.94. The lowest BCUT2D eigenvalue weighted by Crippen LogP contribution is -2.49. The van der Waals surface area contributed by atoms with Crippen molar-refractivity contribution in [1.29, 1.82) is 0 Å². The summed E-state index contributed by atoms with van der Waals surface area (Å²) >= 11 is 1.82. The van der Waals surface area contributed by atoms with Gasteiger partial charge in [-0.2, -0.15) is 11.8 Å². The molecule has 1 fully saturated rings. The Hall–Kier alpha value is -0.820. The number of hydrogen-bond acceptors (Lipinski definition) is 3. The van der Waals surface area contributed by atoms with Crippen LogP contribution in [0.15, 0.2) is 0 Å². The molecule has 0 aromatic carbocycles. The van der Waals surface area contributed by atoms with E-state index in [0.717, 1.165) is 11.5 Å². The molecular weight excluding hydrogens is 210 g/mol. The molecule has 1 aliphatic heterocycles. The summed E-state index contributed by atoms with van der Waals surface area (Å²) in [6.45, 7) is 5.90. The van der Waals surface area contributed by atoms with E-state index in [2.05, 4.69) is 5.92 Å². The molecular formula is C11H17NO2S. The summed E-state index contributed by atoms with van der Waals surface area (Å²) < 4.78 is 5.29. The molecule has 1 amide bonds. The van der Waals surface area contributed by atoms with Crippen LogP contribution in [-0.2, 0) is 4.74 Å². The number of ether oxygens (including phenoxy) is 1. The van der Waals surface area contributed by atoms with Gasteiger partial charge in [0.2, 0.25) is 0 Å². The van der Waals surface area contributed by atoms with Crippen molar-refractivity contribution in [2.45, 2.75) is 32.4 Å². The van der Waals surface area contributed by atoms with Crippen molar-refractivity contribution in [3.8, 4) is 12.3 Å². The summed E-state index contributed by atoms with van der Waals surface area (Å²) in [5, 5.41) is 0. The van der Waals surface area contributed by atoms with Crippen molar-refractivity contribution in [2.24, 2.45) is 0 Å². The molecule has 15 heavy (non-hydrogen) atoms. The van der Waals surface area contributed by atoms with Crippen LogP contribution in [0, 0.1) is 12.3 Å². The van der Waals surface area contributed by atoms with Gasteiger partial charge in [-0.15, -0.1) is 6.42 Å². The maximum atomic E-state index is 11.8. The maximum Gasteiger partial charge on any atom is 0.411 e. The summed E-state index contributed by atoms with van der Waals surface area (Å²) in [5.74, 6) is 4.42. The number of amides is 1. The van der Waals surface area contributed by atoms with Gasteiger partial charge in [0.25, 0.3) is 0 Å². The largest absolute Gasteiger partial charge is 0.444 e. The van der Waals surface area contributed by atoms with Crippen molar-refractivity contribution in [3.05, 3.63) is 0 Å². The van der Waals surface area contributed by atoms with E-state index in [4.69, 9.17) is 11.2 Å². The Morgan fingerprint density at radius 3 is 2.53 bits per heavy atom. The highest BCUT2D eigenvalue weighted by Crippen LogP contribution is 2.24. The predicted molar refractivity (Wildman–Crippen MR) is 62.9 cm³/mol. The van der Waals surface area contributed by atoms with E-state index < -0.39 is 5.60 Å². The second-order valence-corrected chi connectivity index (χ2v) is 5.58. The fourth-order valence-corrected chi connectivity index (χ4v) is 1.97. The molecule has 1 saturated heterocycles. The van der Waals surface area contributed by atoms with E-state index in [0.29, 0.717) is 6.54 Å². The number of carbonyl (C=O) groups is 1. The molecule has 4 heteroatoms. The van der Waals surface area contributed by atoms with Crippen LogP contribution in [0.25, 0.3) is 0 Å². The van der Waals surface area contributed by atoms with Gasteiger partial charge in [-0.1, -0.05) is 5.92 Å². The minimum atomic E-state index is -0.458. The third-order valence-electron chi connectivity index (χ3n) is 1.95. The lowest BCUT2D eigenvalue weighted by Gasteiger charge is -2.36. The van der Waals surface area contributed by atoms with Crippen LogP contribution in [-0.4, -0.2) is 40.7 Å². The molecule has 0 radical (unpaired) electrons. The third kappa shape index (κ3) is 3.67. The molecule has 1 aliphatic rings. The predicted octanol–water partition coefficient (Wildman–Crippen LogP) is 1.97. The van der Waals surface area contributed by atoms with E-state index in [9.17, 15) is 4.79 Å². The van der Waals surface area contributed by atoms with E-state index in [1.54, 1.807) is 4.90 Å². The summed E-state index contributed by atoms with van der Waals surface area (Å²) in [5.41, 5.74) is -0.458. The van der Waals surface area contributed by atoms with Gasteiger partial charge in [0, 0.05) is 11.5 Å². The number of carbonyl (C=O) groups excluding carboxylic acids is 1. The Balaban J connectivity index is 2.55. The molecule has 0 unspecified atom stereocenters. The first-order valence-electron chi connectivity index (χ1n) is 4.95. The number of thioether (sulfide) groups is 1. The average Bonchev–Trinajstić information content (AvgIpc) is 1.96. The SMILES string of the molecule is C#CCN(C(=O)OC(C)(C)C)C1CSC1. The second-order valence-electron chi connectivity index (χ2n) is 4.50. The number of hydrogen-bond donors (Lipinski definition) is 0. The number of nitrogens with zero attached hydrogens (tertiary/aromatic N) is 1. The second kappa shape index (κ2) is 4.80. The Morgan fingerprint density at radius 2 is 2.20 bits per heavy atom. The molecule has 0 atom stereocenters. The van der Waals surface area contributed by atoms with Crippen LogP contribution in [0.2, 0.25) is 0 Å². The van der Waals surface area contributed by atoms with Gasteiger partial charge in [-0.3, -0.25) is 4.90 Å². The van der Waals surface area contributed by atoms with Gasteiger partial charge in [0.05, 0.1) is 12.6 Å². The Kier molecular flexibility index (Phi) is 3.92. The molecule has 0 N–H and O–H groups in total. The zero-order chi connectivity index (χ0) is 11.5. The Bertz CT molecular complexity index is 273. The third-order valence-corrected chi connectivity index (χ3v) is 3.19. The molecule has 3 nitrogen and oxygen atoms in total. The van der Waals surface area contributed by atoms with Gasteiger partial charge in [-0.25, -0.2) is 4.79 Å². The molecule has 0 spiro atoms. The lowest BCUT2D eigenvalue weighted by molar-refractivity contribution is 0.0220. The smallest absolute Gasteiger partial charge is 0.411 e. The summed E-state index contributed by atoms with van der Waals surface area (Å²) in [6.07, 6.45) is 4.94. The van der Waals surface area contributed by atoms with Crippen molar-refractivity contribution in [1.82, 2.24) is 4.90 Å². The van der Waals surface area contributed by atoms with Crippen LogP contribution < -0.4 is 0 Å². The van der Waals surface area contributed by atoms with E-state index in [1.165, 1.54) is 0 Å². The van der Waals surface area contributed by atoms with Gasteiger partial charge < -0.3 is 4.74 Å². The highest BCUT2D eigenvalue weighted by Gasteiger charge is 2.31.